The lowest BCUT2D eigenvalue weighted by Crippen LogP contribution is -2.11. The normalized spacial score (nSPS) is 12.0. The fraction of sp³-hybridized carbons (Fsp3) is 0.300. The summed E-state index contributed by atoms with van der Waals surface area (Å²) >= 11 is 1.36. The van der Waals surface area contributed by atoms with Gasteiger partial charge in [-0.2, -0.15) is 5.10 Å². The van der Waals surface area contributed by atoms with E-state index < -0.39 is 0 Å². The molecule has 0 fully saturated rings. The summed E-state index contributed by atoms with van der Waals surface area (Å²) < 4.78 is 5.12. The van der Waals surface area contributed by atoms with E-state index in [4.69, 9.17) is 4.74 Å². The number of carbonyl (C=O) groups is 1. The van der Waals surface area contributed by atoms with Gasteiger partial charge in [0.2, 0.25) is 0 Å². The third-order valence-electron chi connectivity index (χ3n) is 3.61. The van der Waals surface area contributed by atoms with Gasteiger partial charge in [-0.1, -0.05) is 44.7 Å². The Bertz CT molecular complexity index is 745. The van der Waals surface area contributed by atoms with Gasteiger partial charge in [0.15, 0.2) is 10.8 Å². The predicted molar refractivity (Wildman–Crippen MR) is 106 cm³/mol. The van der Waals surface area contributed by atoms with E-state index in [-0.39, 0.29) is 11.2 Å². The van der Waals surface area contributed by atoms with Gasteiger partial charge in [-0.25, -0.2) is 0 Å². The second-order valence-electron chi connectivity index (χ2n) is 6.69. The summed E-state index contributed by atoms with van der Waals surface area (Å²) in [6.45, 7) is 8.05. The predicted octanol–water partition coefficient (Wildman–Crippen LogP) is 5.10. The molecule has 0 radical (unpaired) electrons. The number of methoxy groups -OCH3 is 1. The lowest BCUT2D eigenvalue weighted by molar-refractivity contribution is -0.110. The maximum Gasteiger partial charge on any atom is 0.186 e. The highest BCUT2D eigenvalue weighted by Crippen LogP contribution is 2.26. The van der Waals surface area contributed by atoms with Crippen LogP contribution in [0.3, 0.4) is 0 Å². The highest BCUT2D eigenvalue weighted by molar-refractivity contribution is 8.15. The molecular weight excluding hydrogens is 332 g/mol. The molecule has 2 aromatic carbocycles. The van der Waals surface area contributed by atoms with Crippen LogP contribution in [0.15, 0.2) is 58.5 Å². The van der Waals surface area contributed by atoms with Crippen LogP contribution in [0.4, 0.5) is 5.69 Å². The molecule has 1 N–H and O–H groups in total. The quantitative estimate of drug-likeness (QED) is 0.350. The number of nitrogens with zero attached hydrogens (tertiary/aromatic N) is 1. The van der Waals surface area contributed by atoms with E-state index in [1.165, 1.54) is 24.2 Å². The molecule has 0 aliphatic heterocycles. The summed E-state index contributed by atoms with van der Waals surface area (Å²) in [6, 6.07) is 15.6. The fourth-order valence-electron chi connectivity index (χ4n) is 2.09. The molecule has 0 aliphatic carbocycles. The van der Waals surface area contributed by atoms with Crippen LogP contribution in [0.1, 0.15) is 33.3 Å². The van der Waals surface area contributed by atoms with E-state index in [2.05, 4.69) is 43.4 Å². The number of rotatable bonds is 5. The van der Waals surface area contributed by atoms with E-state index in [1.807, 2.05) is 36.4 Å². The van der Waals surface area contributed by atoms with Crippen LogP contribution < -0.4 is 10.2 Å². The van der Waals surface area contributed by atoms with E-state index in [9.17, 15) is 4.79 Å². The molecule has 5 heteroatoms. The van der Waals surface area contributed by atoms with Gasteiger partial charge in [-0.3, -0.25) is 10.2 Å². The third-order valence-corrected chi connectivity index (χ3v) is 4.69. The Balaban J connectivity index is 2.10. The molecule has 0 amide bonds. The molecule has 0 spiro atoms. The fourth-order valence-corrected chi connectivity index (χ4v) is 2.82. The minimum atomic E-state index is -0.0779. The summed E-state index contributed by atoms with van der Waals surface area (Å²) in [5.41, 5.74) is 5.09. The Morgan fingerprint density at radius 1 is 1.04 bits per heavy atom. The van der Waals surface area contributed by atoms with Gasteiger partial charge in [0, 0.05) is 11.8 Å². The van der Waals surface area contributed by atoms with E-state index in [1.54, 1.807) is 7.11 Å². The summed E-state index contributed by atoms with van der Waals surface area (Å²) in [7, 11) is 1.62. The van der Waals surface area contributed by atoms with Crippen molar-refractivity contribution in [3.63, 3.8) is 0 Å². The minimum absolute atomic E-state index is 0.0779. The van der Waals surface area contributed by atoms with Crippen LogP contribution in [0.25, 0.3) is 0 Å². The first kappa shape index (κ1) is 19.1. The van der Waals surface area contributed by atoms with Crippen LogP contribution in [0.5, 0.6) is 5.75 Å². The zero-order valence-corrected chi connectivity index (χ0v) is 16.1. The number of hydrogen-bond acceptors (Lipinski definition) is 5. The SMILES string of the molecule is COc1ccc(NN=C(Sc2ccc(C(C)(C)C)cc2)C(C)=O)cc1. The molecule has 4 nitrogen and oxygen atoms in total. The smallest absolute Gasteiger partial charge is 0.186 e. The number of nitrogens with one attached hydrogen (secondary N) is 1. The Kier molecular flexibility index (Phi) is 6.26. The number of ketones is 1. The molecule has 0 saturated heterocycles. The van der Waals surface area contributed by atoms with Crippen molar-refractivity contribution in [3.05, 3.63) is 54.1 Å². The molecular formula is C20H24N2O2S. The second kappa shape index (κ2) is 8.21. The van der Waals surface area contributed by atoms with Crippen molar-refractivity contribution in [1.29, 1.82) is 0 Å². The monoisotopic (exact) mass is 356 g/mol. The number of Topliss-reactive ketones (excluding diaryl/α,β-unsaturated/α-hetero) is 1. The third kappa shape index (κ3) is 5.64. The first-order chi connectivity index (χ1) is 11.8. The molecule has 2 rings (SSSR count). The molecule has 0 heterocycles. The highest BCUT2D eigenvalue weighted by Gasteiger charge is 2.14. The van der Waals surface area contributed by atoms with Crippen LogP contribution in [0.2, 0.25) is 0 Å². The van der Waals surface area contributed by atoms with Gasteiger partial charge in [-0.05, 0) is 47.4 Å². The number of hydrogen-bond donors (Lipinski definition) is 1. The van der Waals surface area contributed by atoms with Crippen LogP contribution in [-0.2, 0) is 10.2 Å². The number of carbonyl (C=O) groups excluding carboxylic acids is 1. The lowest BCUT2D eigenvalue weighted by Gasteiger charge is -2.19. The van der Waals surface area contributed by atoms with Gasteiger partial charge in [0.25, 0.3) is 0 Å². The standard InChI is InChI=1S/C20H24N2O2S/c1-14(23)19(22-21-16-8-10-17(24-5)11-9-16)25-18-12-6-15(7-13-18)20(2,3)4/h6-13,21H,1-5H3. The number of anilines is 1. The largest absolute Gasteiger partial charge is 0.497 e. The van der Waals surface area contributed by atoms with Crippen molar-refractivity contribution in [2.24, 2.45) is 5.10 Å². The molecule has 0 saturated carbocycles. The Labute approximate surface area is 153 Å². The molecule has 132 valence electrons. The summed E-state index contributed by atoms with van der Waals surface area (Å²) in [5.74, 6) is 0.695. The van der Waals surface area contributed by atoms with Crippen molar-refractivity contribution in [3.8, 4) is 5.75 Å². The summed E-state index contributed by atoms with van der Waals surface area (Å²) in [5, 5.41) is 4.67. The molecule has 0 unspecified atom stereocenters. The van der Waals surface area contributed by atoms with Crippen molar-refractivity contribution in [1.82, 2.24) is 0 Å². The van der Waals surface area contributed by atoms with Gasteiger partial charge >= 0.3 is 0 Å². The molecule has 0 aliphatic rings. The topological polar surface area (TPSA) is 50.7 Å². The van der Waals surface area contributed by atoms with Crippen molar-refractivity contribution in [2.75, 3.05) is 12.5 Å². The second-order valence-corrected chi connectivity index (χ2v) is 7.75. The van der Waals surface area contributed by atoms with Crippen molar-refractivity contribution in [2.45, 2.75) is 38.0 Å². The first-order valence-corrected chi connectivity index (χ1v) is 8.88. The van der Waals surface area contributed by atoms with Gasteiger partial charge in [0.1, 0.15) is 5.75 Å². The van der Waals surface area contributed by atoms with Gasteiger partial charge in [0.05, 0.1) is 12.8 Å². The Morgan fingerprint density at radius 2 is 1.64 bits per heavy atom. The Morgan fingerprint density at radius 3 is 2.12 bits per heavy atom. The summed E-state index contributed by atoms with van der Waals surface area (Å²) in [6.07, 6.45) is 0. The van der Waals surface area contributed by atoms with E-state index in [0.717, 1.165) is 16.3 Å². The molecule has 0 bridgehead atoms. The maximum atomic E-state index is 11.9. The lowest BCUT2D eigenvalue weighted by atomic mass is 9.87. The number of hydrazone groups is 1. The average molecular weight is 356 g/mol. The van der Waals surface area contributed by atoms with Gasteiger partial charge in [-0.15, -0.1) is 0 Å². The summed E-state index contributed by atoms with van der Waals surface area (Å²) in [4.78, 5) is 12.9. The van der Waals surface area contributed by atoms with Crippen molar-refractivity contribution < 1.29 is 9.53 Å². The zero-order chi connectivity index (χ0) is 18.4. The number of ether oxygens (including phenoxy) is 1. The van der Waals surface area contributed by atoms with E-state index in [0.29, 0.717) is 5.04 Å². The van der Waals surface area contributed by atoms with E-state index >= 15 is 0 Å². The highest BCUT2D eigenvalue weighted by atomic mass is 32.2. The number of thioether (sulfide) groups is 1. The van der Waals surface area contributed by atoms with Crippen LogP contribution in [-0.4, -0.2) is 17.9 Å². The molecule has 0 aromatic heterocycles. The first-order valence-electron chi connectivity index (χ1n) is 8.06. The molecule has 0 atom stereocenters. The molecule has 2 aromatic rings. The van der Waals surface area contributed by atoms with Crippen molar-refractivity contribution >= 4 is 28.3 Å². The maximum absolute atomic E-state index is 11.9. The Hall–Kier alpha value is -2.27. The average Bonchev–Trinajstić information content (AvgIpc) is 2.58. The van der Waals surface area contributed by atoms with Gasteiger partial charge < -0.3 is 4.74 Å². The number of benzene rings is 2. The molecule has 25 heavy (non-hydrogen) atoms. The minimum Gasteiger partial charge on any atom is -0.497 e. The zero-order valence-electron chi connectivity index (χ0n) is 15.3. The van der Waals surface area contributed by atoms with Crippen LogP contribution in [0, 0.1) is 0 Å². The van der Waals surface area contributed by atoms with Crippen LogP contribution >= 0.6 is 11.8 Å².